The highest BCUT2D eigenvalue weighted by Crippen LogP contribution is 2.37. The van der Waals surface area contributed by atoms with Crippen LogP contribution in [0.4, 0.5) is 0 Å². The average Bonchev–Trinajstić information content (AvgIpc) is 3.45. The van der Waals surface area contributed by atoms with Crippen molar-refractivity contribution in [3.05, 3.63) is 32.4 Å². The van der Waals surface area contributed by atoms with Crippen LogP contribution in [0.1, 0.15) is 178 Å². The Labute approximate surface area is 275 Å². The van der Waals surface area contributed by atoms with Crippen LogP contribution in [0.3, 0.4) is 0 Å². The molecule has 0 bridgehead atoms. The Balaban J connectivity index is 1.51. The zero-order valence-corrected chi connectivity index (χ0v) is 30.9. The molecule has 1 aromatic heterocycles. The number of thiophene rings is 1. The van der Waals surface area contributed by atoms with Crippen LogP contribution >= 0.6 is 23.1 Å². The molecule has 1 aromatic rings. The lowest BCUT2D eigenvalue weighted by atomic mass is 9.88. The Bertz CT molecular complexity index is 974. The van der Waals surface area contributed by atoms with Crippen LogP contribution in [0, 0.1) is 35.5 Å². The largest absolute Gasteiger partial charge is 0.288 e. The summed E-state index contributed by atoms with van der Waals surface area (Å²) < 4.78 is 0. The second-order valence-electron chi connectivity index (χ2n) is 14.9. The summed E-state index contributed by atoms with van der Waals surface area (Å²) in [6.45, 7) is 16.8. The fourth-order valence-corrected chi connectivity index (χ4v) is 8.45. The average molecular weight is 631 g/mol. The second-order valence-corrected chi connectivity index (χ2v) is 16.7. The van der Waals surface area contributed by atoms with Gasteiger partial charge < -0.3 is 0 Å². The van der Waals surface area contributed by atoms with Crippen LogP contribution in [0.15, 0.2) is 21.9 Å². The fourth-order valence-electron chi connectivity index (χ4n) is 6.85. The molecule has 0 N–H and O–H groups in total. The first kappa shape index (κ1) is 38.3. The molecule has 5 unspecified atom stereocenters. The summed E-state index contributed by atoms with van der Waals surface area (Å²) in [4.78, 5) is 27.2. The quantitative estimate of drug-likeness (QED) is 0.114. The Hall–Kier alpha value is -0.870. The van der Waals surface area contributed by atoms with Gasteiger partial charge >= 0.3 is 0 Å². The summed E-state index contributed by atoms with van der Waals surface area (Å²) in [5, 5.41) is 1.87. The van der Waals surface area contributed by atoms with Gasteiger partial charge in [0.05, 0.1) is 9.78 Å². The van der Waals surface area contributed by atoms with Gasteiger partial charge in [0.25, 0.3) is 0 Å². The molecule has 0 spiro atoms. The van der Waals surface area contributed by atoms with Crippen molar-refractivity contribution >= 4 is 34.7 Å². The number of hydrogen-bond acceptors (Lipinski definition) is 4. The van der Waals surface area contributed by atoms with E-state index in [2.05, 4.69) is 48.5 Å². The molecule has 246 valence electrons. The van der Waals surface area contributed by atoms with Crippen LogP contribution < -0.4 is 0 Å². The molecule has 43 heavy (non-hydrogen) atoms. The number of rotatable bonds is 24. The molecular formula is C39H66O2S2. The number of Topliss-reactive ketones (excluding diaryl/α,β-unsaturated/α-hetero) is 2. The molecule has 0 saturated carbocycles. The summed E-state index contributed by atoms with van der Waals surface area (Å²) in [5.41, 5.74) is 1.36. The van der Waals surface area contributed by atoms with Crippen molar-refractivity contribution < 1.29 is 9.59 Å². The first-order chi connectivity index (χ1) is 20.5. The van der Waals surface area contributed by atoms with E-state index in [-0.39, 0.29) is 11.6 Å². The van der Waals surface area contributed by atoms with Gasteiger partial charge in [-0.1, -0.05) is 145 Å². The van der Waals surface area contributed by atoms with Crippen LogP contribution in [0.2, 0.25) is 0 Å². The lowest BCUT2D eigenvalue weighted by molar-refractivity contribution is 0.0981. The van der Waals surface area contributed by atoms with Crippen molar-refractivity contribution in [3.63, 3.8) is 0 Å². The smallest absolute Gasteiger partial charge is 0.201 e. The topological polar surface area (TPSA) is 34.1 Å². The van der Waals surface area contributed by atoms with E-state index in [0.29, 0.717) is 21.3 Å². The molecule has 0 aliphatic heterocycles. The van der Waals surface area contributed by atoms with Crippen LogP contribution in [-0.2, 0) is 0 Å². The maximum absolute atomic E-state index is 13.0. The first-order valence-corrected chi connectivity index (χ1v) is 20.1. The van der Waals surface area contributed by atoms with Crippen molar-refractivity contribution in [1.29, 1.82) is 0 Å². The Morgan fingerprint density at radius 1 is 0.581 bits per heavy atom. The molecule has 5 atom stereocenters. The highest BCUT2D eigenvalue weighted by molar-refractivity contribution is 8.03. The molecule has 0 saturated heterocycles. The summed E-state index contributed by atoms with van der Waals surface area (Å²) >= 11 is 2.85. The van der Waals surface area contributed by atoms with Gasteiger partial charge in [-0.15, -0.1) is 23.1 Å². The maximum Gasteiger partial charge on any atom is 0.201 e. The monoisotopic (exact) mass is 630 g/mol. The van der Waals surface area contributed by atoms with Crippen molar-refractivity contribution in [3.8, 4) is 0 Å². The van der Waals surface area contributed by atoms with Gasteiger partial charge in [0.1, 0.15) is 0 Å². The fraction of sp³-hybridized carbons (Fsp3) is 0.795. The summed E-state index contributed by atoms with van der Waals surface area (Å²) in [5.74, 6) is 5.03. The molecule has 2 rings (SSSR count). The molecular weight excluding hydrogens is 565 g/mol. The molecule has 0 radical (unpaired) electrons. The second kappa shape index (κ2) is 21.0. The normalized spacial score (nSPS) is 17.3. The third-order valence-electron chi connectivity index (χ3n) is 10.0. The van der Waals surface area contributed by atoms with Gasteiger partial charge in [-0.25, -0.2) is 0 Å². The van der Waals surface area contributed by atoms with Crippen molar-refractivity contribution in [1.82, 2.24) is 0 Å². The van der Waals surface area contributed by atoms with Gasteiger partial charge in [0, 0.05) is 11.1 Å². The molecule has 0 amide bonds. The number of carbonyl (C=O) groups is 2. The van der Waals surface area contributed by atoms with Gasteiger partial charge in [0.15, 0.2) is 0 Å². The lowest BCUT2D eigenvalue weighted by Crippen LogP contribution is -2.19. The van der Waals surface area contributed by atoms with E-state index in [1.165, 1.54) is 119 Å². The number of allylic oxidation sites excluding steroid dienone is 2. The number of ketones is 2. The van der Waals surface area contributed by atoms with Crippen molar-refractivity contribution in [2.75, 3.05) is 6.26 Å². The molecule has 0 fully saturated rings. The van der Waals surface area contributed by atoms with Gasteiger partial charge in [0.2, 0.25) is 11.6 Å². The third-order valence-corrected chi connectivity index (χ3v) is 11.8. The van der Waals surface area contributed by atoms with Crippen molar-refractivity contribution in [2.45, 2.75) is 158 Å². The van der Waals surface area contributed by atoms with E-state index in [4.69, 9.17) is 0 Å². The van der Waals surface area contributed by atoms with E-state index < -0.39 is 0 Å². The number of hydrogen-bond donors (Lipinski definition) is 0. The predicted octanol–water partition coefficient (Wildman–Crippen LogP) is 13.2. The lowest BCUT2D eigenvalue weighted by Gasteiger charge is -2.19. The van der Waals surface area contributed by atoms with Gasteiger partial charge in [-0.3, -0.25) is 9.59 Å². The molecule has 1 aliphatic rings. The van der Waals surface area contributed by atoms with Crippen LogP contribution in [-0.4, -0.2) is 17.8 Å². The number of thioether (sulfide) groups is 1. The third kappa shape index (κ3) is 14.4. The van der Waals surface area contributed by atoms with E-state index in [0.717, 1.165) is 48.0 Å². The minimum Gasteiger partial charge on any atom is -0.288 e. The number of fused-ring (bicyclic) bond motifs is 1. The Kier molecular flexibility index (Phi) is 18.7. The molecule has 1 aliphatic carbocycles. The predicted molar refractivity (Wildman–Crippen MR) is 193 cm³/mol. The minimum atomic E-state index is 0.0481. The van der Waals surface area contributed by atoms with Gasteiger partial charge in [-0.2, -0.15) is 0 Å². The Morgan fingerprint density at radius 2 is 0.977 bits per heavy atom. The van der Waals surface area contributed by atoms with Crippen LogP contribution in [0.5, 0.6) is 0 Å². The van der Waals surface area contributed by atoms with E-state index >= 15 is 0 Å². The SMILES string of the molecule is CSC1=C(CCC(C)CCCC(C)CCCC(C)CCCC(C)CCCC(C)CCCC(C)C)C(=O)c2sccc2C1=O. The highest BCUT2D eigenvalue weighted by atomic mass is 32.2. The summed E-state index contributed by atoms with van der Waals surface area (Å²) in [7, 11) is 0. The van der Waals surface area contributed by atoms with E-state index in [1.54, 1.807) is 6.07 Å². The molecule has 4 heteroatoms. The van der Waals surface area contributed by atoms with Crippen molar-refractivity contribution in [2.24, 2.45) is 35.5 Å². The summed E-state index contributed by atoms with van der Waals surface area (Å²) in [6, 6.07) is 1.80. The zero-order chi connectivity index (χ0) is 31.8. The highest BCUT2D eigenvalue weighted by Gasteiger charge is 2.32. The van der Waals surface area contributed by atoms with Crippen LogP contribution in [0.25, 0.3) is 0 Å². The molecule has 1 heterocycles. The zero-order valence-electron chi connectivity index (χ0n) is 29.3. The van der Waals surface area contributed by atoms with E-state index in [9.17, 15) is 9.59 Å². The molecule has 0 aromatic carbocycles. The number of carbonyl (C=O) groups excluding carboxylic acids is 2. The Morgan fingerprint density at radius 3 is 1.37 bits per heavy atom. The molecule has 2 nitrogen and oxygen atoms in total. The van der Waals surface area contributed by atoms with Gasteiger partial charge in [-0.05, 0) is 66.1 Å². The minimum absolute atomic E-state index is 0.0481. The summed E-state index contributed by atoms with van der Waals surface area (Å²) in [6.07, 6.45) is 24.2. The van der Waals surface area contributed by atoms with E-state index in [1.807, 2.05) is 11.6 Å². The maximum atomic E-state index is 13.0. The first-order valence-electron chi connectivity index (χ1n) is 18.0. The standard InChI is InChI=1S/C39H66O2S2/c1-28(2)14-9-15-29(3)16-10-17-30(4)18-11-19-31(5)20-12-21-32(6)22-13-23-33(7)24-25-34-37(41)39-35(26-27-43-39)36(40)38(34)42-8/h26-33H,9-25H2,1-8H3.